The number of amides is 1. The number of nitrogens with zero attached hydrogens (tertiary/aromatic N) is 2. The van der Waals surface area contributed by atoms with Gasteiger partial charge in [0.1, 0.15) is 24.0 Å². The van der Waals surface area contributed by atoms with Crippen molar-refractivity contribution < 1.29 is 33.3 Å². The third-order valence-electron chi connectivity index (χ3n) is 3.95. The molecule has 0 radical (unpaired) electrons. The van der Waals surface area contributed by atoms with Gasteiger partial charge in [0.25, 0.3) is 0 Å². The summed E-state index contributed by atoms with van der Waals surface area (Å²) in [5.41, 5.74) is -0.419. The van der Waals surface area contributed by atoms with Crippen LogP contribution in [0.15, 0.2) is 12.1 Å². The summed E-state index contributed by atoms with van der Waals surface area (Å²) >= 11 is 0. The maximum atomic E-state index is 12.1. The number of hydrogen-bond acceptors (Lipinski definition) is 8. The fourth-order valence-corrected chi connectivity index (χ4v) is 2.80. The zero-order chi connectivity index (χ0) is 23.1. The average Bonchev–Trinajstić information content (AvgIpc) is 2.61. The number of carbonyl (C=O) groups is 3. The standard InChI is InChI=1S/C21H28N2O7/c1-13(24)23(21(4,5)6)11-18(30-15(3)26)12-28-20-16(10-22)8-17(29-14(2)25)9-19(20)27-7/h8-9,18H,11-12H2,1-7H3. The Morgan fingerprint density at radius 2 is 1.77 bits per heavy atom. The van der Waals surface area contributed by atoms with Crippen molar-refractivity contribution in [2.45, 2.75) is 53.2 Å². The van der Waals surface area contributed by atoms with Gasteiger partial charge < -0.3 is 23.8 Å². The first kappa shape index (κ1) is 24.8. The van der Waals surface area contributed by atoms with Gasteiger partial charge in [0.15, 0.2) is 17.6 Å². The van der Waals surface area contributed by atoms with Crippen molar-refractivity contribution in [2.75, 3.05) is 20.3 Å². The molecule has 1 amide bonds. The average molecular weight is 420 g/mol. The van der Waals surface area contributed by atoms with Crippen molar-refractivity contribution in [1.29, 1.82) is 5.26 Å². The second kappa shape index (κ2) is 10.5. The van der Waals surface area contributed by atoms with E-state index in [1.807, 2.05) is 26.8 Å². The normalized spacial score (nSPS) is 11.7. The number of benzene rings is 1. The van der Waals surface area contributed by atoms with Crippen LogP contribution in [0.3, 0.4) is 0 Å². The summed E-state index contributed by atoms with van der Waals surface area (Å²) < 4.78 is 21.4. The number of carbonyl (C=O) groups excluding carboxylic acids is 3. The van der Waals surface area contributed by atoms with Gasteiger partial charge in [-0.3, -0.25) is 14.4 Å². The van der Waals surface area contributed by atoms with E-state index in [9.17, 15) is 19.6 Å². The molecular formula is C21H28N2O7. The van der Waals surface area contributed by atoms with Crippen molar-refractivity contribution in [1.82, 2.24) is 4.90 Å². The zero-order valence-corrected chi connectivity index (χ0v) is 18.4. The maximum absolute atomic E-state index is 12.1. The molecule has 1 aromatic carbocycles. The van der Waals surface area contributed by atoms with Crippen molar-refractivity contribution in [2.24, 2.45) is 0 Å². The van der Waals surface area contributed by atoms with Gasteiger partial charge >= 0.3 is 11.9 Å². The Hall–Kier alpha value is -3.28. The lowest BCUT2D eigenvalue weighted by Crippen LogP contribution is -2.50. The van der Waals surface area contributed by atoms with E-state index in [0.29, 0.717) is 0 Å². The Labute approximate surface area is 176 Å². The minimum atomic E-state index is -0.782. The van der Waals surface area contributed by atoms with Crippen LogP contribution in [-0.2, 0) is 19.1 Å². The van der Waals surface area contributed by atoms with E-state index < -0.39 is 23.6 Å². The molecule has 0 N–H and O–H groups in total. The van der Waals surface area contributed by atoms with Gasteiger partial charge in [0, 0.05) is 38.4 Å². The highest BCUT2D eigenvalue weighted by atomic mass is 16.6. The van der Waals surface area contributed by atoms with Gasteiger partial charge in [-0.1, -0.05) is 0 Å². The smallest absolute Gasteiger partial charge is 0.308 e. The molecule has 1 rings (SSSR count). The van der Waals surface area contributed by atoms with E-state index in [2.05, 4.69) is 0 Å². The van der Waals surface area contributed by atoms with Crippen LogP contribution in [0.1, 0.15) is 47.1 Å². The number of esters is 2. The van der Waals surface area contributed by atoms with Crippen LogP contribution < -0.4 is 14.2 Å². The molecule has 0 saturated heterocycles. The quantitative estimate of drug-likeness (QED) is 0.465. The van der Waals surface area contributed by atoms with Crippen LogP contribution >= 0.6 is 0 Å². The number of ether oxygens (including phenoxy) is 4. The van der Waals surface area contributed by atoms with Gasteiger partial charge in [-0.15, -0.1) is 0 Å². The minimum Gasteiger partial charge on any atom is -0.493 e. The van der Waals surface area contributed by atoms with Crippen LogP contribution in [0.25, 0.3) is 0 Å². The Kier molecular flexibility index (Phi) is 8.65. The second-order valence-corrected chi connectivity index (χ2v) is 7.55. The van der Waals surface area contributed by atoms with Gasteiger partial charge in [0.2, 0.25) is 5.91 Å². The topological polar surface area (TPSA) is 115 Å². The first-order valence-corrected chi connectivity index (χ1v) is 9.27. The van der Waals surface area contributed by atoms with Crippen molar-refractivity contribution in [3.63, 3.8) is 0 Å². The Balaban J connectivity index is 3.16. The highest BCUT2D eigenvalue weighted by Gasteiger charge is 2.29. The number of nitriles is 1. The fourth-order valence-electron chi connectivity index (χ4n) is 2.80. The molecule has 1 unspecified atom stereocenters. The summed E-state index contributed by atoms with van der Waals surface area (Å²) in [6.07, 6.45) is -0.782. The van der Waals surface area contributed by atoms with Crippen LogP contribution in [0, 0.1) is 11.3 Å². The summed E-state index contributed by atoms with van der Waals surface area (Å²) in [7, 11) is 1.38. The molecule has 9 nitrogen and oxygen atoms in total. The first-order valence-electron chi connectivity index (χ1n) is 9.27. The van der Waals surface area contributed by atoms with Crippen molar-refractivity contribution in [3.05, 3.63) is 17.7 Å². The fraction of sp³-hybridized carbons (Fsp3) is 0.524. The monoisotopic (exact) mass is 420 g/mol. The summed E-state index contributed by atoms with van der Waals surface area (Å²) in [4.78, 5) is 36.4. The Morgan fingerprint density at radius 1 is 1.13 bits per heavy atom. The molecule has 0 spiro atoms. The van der Waals surface area contributed by atoms with E-state index in [1.165, 1.54) is 40.0 Å². The third-order valence-corrected chi connectivity index (χ3v) is 3.95. The lowest BCUT2D eigenvalue weighted by Gasteiger charge is -2.37. The van der Waals surface area contributed by atoms with Crippen LogP contribution in [0.5, 0.6) is 17.2 Å². The molecule has 9 heteroatoms. The van der Waals surface area contributed by atoms with E-state index in [0.717, 1.165) is 0 Å². The van der Waals surface area contributed by atoms with Gasteiger partial charge in [-0.05, 0) is 20.8 Å². The summed E-state index contributed by atoms with van der Waals surface area (Å²) in [5.74, 6) is -0.838. The molecule has 0 aliphatic rings. The highest BCUT2D eigenvalue weighted by Crippen LogP contribution is 2.35. The molecule has 0 aliphatic heterocycles. The van der Waals surface area contributed by atoms with Gasteiger partial charge in [0.05, 0.1) is 13.7 Å². The minimum absolute atomic E-state index is 0.0754. The first-order chi connectivity index (χ1) is 13.9. The molecule has 164 valence electrons. The van der Waals surface area contributed by atoms with Crippen molar-refractivity contribution >= 4 is 17.8 Å². The lowest BCUT2D eigenvalue weighted by molar-refractivity contribution is -0.153. The largest absolute Gasteiger partial charge is 0.493 e. The lowest BCUT2D eigenvalue weighted by atomic mass is 10.1. The van der Waals surface area contributed by atoms with Crippen molar-refractivity contribution in [3.8, 4) is 23.3 Å². The van der Waals surface area contributed by atoms with Crippen LogP contribution in [0.4, 0.5) is 0 Å². The van der Waals surface area contributed by atoms with E-state index in [4.69, 9.17) is 18.9 Å². The summed E-state index contributed by atoms with van der Waals surface area (Å²) in [6, 6.07) is 4.72. The summed E-state index contributed by atoms with van der Waals surface area (Å²) in [5, 5.41) is 9.47. The highest BCUT2D eigenvalue weighted by molar-refractivity contribution is 5.74. The molecule has 0 bridgehead atoms. The number of hydrogen-bond donors (Lipinski definition) is 0. The van der Waals surface area contributed by atoms with E-state index in [1.54, 1.807) is 4.90 Å². The van der Waals surface area contributed by atoms with Gasteiger partial charge in [-0.2, -0.15) is 5.26 Å². The zero-order valence-electron chi connectivity index (χ0n) is 18.4. The molecule has 0 heterocycles. The van der Waals surface area contributed by atoms with Gasteiger partial charge in [-0.25, -0.2) is 0 Å². The van der Waals surface area contributed by atoms with Crippen LogP contribution in [-0.4, -0.2) is 54.7 Å². The van der Waals surface area contributed by atoms with Crippen LogP contribution in [0.2, 0.25) is 0 Å². The predicted molar refractivity (Wildman–Crippen MR) is 107 cm³/mol. The third kappa shape index (κ3) is 7.28. The second-order valence-electron chi connectivity index (χ2n) is 7.55. The number of methoxy groups -OCH3 is 1. The molecule has 1 aromatic rings. The molecule has 0 fully saturated rings. The van der Waals surface area contributed by atoms with E-state index in [-0.39, 0.29) is 41.9 Å². The molecule has 0 aliphatic carbocycles. The molecule has 30 heavy (non-hydrogen) atoms. The predicted octanol–water partition coefficient (Wildman–Crippen LogP) is 2.45. The summed E-state index contributed by atoms with van der Waals surface area (Å²) in [6.45, 7) is 9.51. The Morgan fingerprint density at radius 3 is 2.20 bits per heavy atom. The molecule has 0 saturated carbocycles. The molecule has 1 atom stereocenters. The Bertz CT molecular complexity index is 837. The number of rotatable bonds is 8. The maximum Gasteiger partial charge on any atom is 0.308 e. The SMILES string of the molecule is COc1cc(OC(C)=O)cc(C#N)c1OCC(CN(C(C)=O)C(C)(C)C)OC(C)=O. The molecular weight excluding hydrogens is 392 g/mol. The van der Waals surface area contributed by atoms with E-state index >= 15 is 0 Å². The molecule has 0 aromatic heterocycles.